The van der Waals surface area contributed by atoms with Crippen LogP contribution in [0.25, 0.3) is 0 Å². The van der Waals surface area contributed by atoms with E-state index in [9.17, 15) is 18.8 Å². The number of anilines is 1. The summed E-state index contributed by atoms with van der Waals surface area (Å²) in [7, 11) is 0. The third kappa shape index (κ3) is 12.1. The maximum atomic E-state index is 12.5. The molecular weight excluding hydrogens is 417 g/mol. The van der Waals surface area contributed by atoms with Gasteiger partial charge in [0, 0.05) is 17.1 Å². The van der Waals surface area contributed by atoms with E-state index in [0.29, 0.717) is 12.8 Å². The van der Waals surface area contributed by atoms with E-state index in [1.165, 1.54) is 29.1 Å². The second-order valence-corrected chi connectivity index (χ2v) is 6.17. The lowest BCUT2D eigenvalue weighted by Gasteiger charge is -2.01. The number of halogens is 1. The van der Waals surface area contributed by atoms with Gasteiger partial charge in [-0.05, 0) is 56.2 Å². The third-order valence-electron chi connectivity index (χ3n) is 3.78. The van der Waals surface area contributed by atoms with Crippen molar-refractivity contribution >= 4 is 24.0 Å². The van der Waals surface area contributed by atoms with Gasteiger partial charge < -0.3 is 25.8 Å². The molecule has 2 amide bonds. The highest BCUT2D eigenvalue weighted by Crippen LogP contribution is 2.22. The van der Waals surface area contributed by atoms with Gasteiger partial charge in [-0.3, -0.25) is 9.59 Å². The molecule has 2 aromatic rings. The quantitative estimate of drug-likeness (QED) is 0.362. The summed E-state index contributed by atoms with van der Waals surface area (Å²) in [5.41, 5.74) is 5.36. The number of aliphatic hydroxyl groups excluding tert-OH is 1. The van der Waals surface area contributed by atoms with E-state index in [-0.39, 0.29) is 18.3 Å². The Morgan fingerprint density at radius 3 is 2.25 bits per heavy atom. The number of aliphatic carboxylic acids is 1. The molecule has 0 fully saturated rings. The average molecular weight is 450 g/mol. The highest BCUT2D eigenvalue weighted by Gasteiger charge is 2.17. The molecule has 3 rings (SSSR count). The Labute approximate surface area is 188 Å². The number of amides is 2. The van der Waals surface area contributed by atoms with Crippen molar-refractivity contribution in [3.63, 3.8) is 0 Å². The van der Waals surface area contributed by atoms with Gasteiger partial charge in [-0.15, -0.1) is 12.8 Å². The number of carboxylic acids is 1. The number of fused-ring (bicyclic) bond motifs is 1. The van der Waals surface area contributed by atoms with Crippen LogP contribution in [0.15, 0.2) is 24.3 Å². The number of H-pyrrole nitrogens is 1. The number of rotatable bonds is 4. The average Bonchev–Trinajstić information content (AvgIpc) is 3.28. The van der Waals surface area contributed by atoms with Crippen LogP contribution in [0, 0.1) is 39.4 Å². The number of aromatic nitrogens is 1. The molecule has 0 saturated heterocycles. The van der Waals surface area contributed by atoms with Crippen molar-refractivity contribution in [3.8, 4) is 12.8 Å². The number of aliphatic hydroxyl groups is 1. The zero-order valence-electron chi connectivity index (χ0n) is 19.0. The Hall–Kier alpha value is -3.64. The van der Waals surface area contributed by atoms with Gasteiger partial charge >= 0.3 is 5.97 Å². The molecule has 8 nitrogen and oxygen atoms in total. The van der Waals surface area contributed by atoms with Crippen LogP contribution in [-0.4, -0.2) is 46.1 Å². The van der Waals surface area contributed by atoms with Crippen LogP contribution in [0.5, 0.6) is 0 Å². The topological polar surface area (TPSA) is 132 Å². The summed E-state index contributed by atoms with van der Waals surface area (Å²) in [6.07, 6.45) is 7.12. The fraction of sp³-hybridized carbons (Fsp3) is 0.348. The minimum Gasteiger partial charge on any atom is -0.479 e. The summed E-state index contributed by atoms with van der Waals surface area (Å²) >= 11 is 0. The summed E-state index contributed by atoms with van der Waals surface area (Å²) in [5, 5.41) is 21.1. The Morgan fingerprint density at radius 1 is 1.25 bits per heavy atom. The fourth-order valence-electron chi connectivity index (χ4n) is 2.31. The lowest BCUT2D eigenvalue weighted by Crippen LogP contribution is -2.32. The maximum absolute atomic E-state index is 12.5. The Morgan fingerprint density at radius 2 is 1.84 bits per heavy atom. The molecule has 1 aromatic carbocycles. The summed E-state index contributed by atoms with van der Waals surface area (Å²) in [6.45, 7) is 10.0. The van der Waals surface area contributed by atoms with E-state index >= 15 is 0 Å². The highest BCUT2D eigenvalue weighted by atomic mass is 19.1. The van der Waals surface area contributed by atoms with Crippen LogP contribution >= 0.6 is 0 Å². The van der Waals surface area contributed by atoms with Gasteiger partial charge in [0.15, 0.2) is 6.10 Å². The molecule has 32 heavy (non-hydrogen) atoms. The molecule has 1 aromatic heterocycles. The monoisotopic (exact) mass is 449 g/mol. The zero-order valence-corrected chi connectivity index (χ0v) is 19.0. The molecule has 176 valence electrons. The molecule has 0 bridgehead atoms. The Bertz CT molecular complexity index is 858. The van der Waals surface area contributed by atoms with E-state index in [2.05, 4.69) is 50.0 Å². The SMILES string of the molecule is C#C.CC.Cc1cc(C)c(C)[nH]1.O=C1Cc2cc(F)ccc2N1.O=CNCC(O)C(=O)O. The van der Waals surface area contributed by atoms with Crippen LogP contribution < -0.4 is 10.6 Å². The second-order valence-electron chi connectivity index (χ2n) is 6.17. The number of benzene rings is 1. The first-order valence-electron chi connectivity index (χ1n) is 9.76. The molecule has 0 saturated carbocycles. The number of hydrogen-bond donors (Lipinski definition) is 5. The summed E-state index contributed by atoms with van der Waals surface area (Å²) < 4.78 is 12.5. The van der Waals surface area contributed by atoms with Gasteiger partial charge in [-0.2, -0.15) is 0 Å². The third-order valence-corrected chi connectivity index (χ3v) is 3.78. The lowest BCUT2D eigenvalue weighted by atomic mass is 10.2. The van der Waals surface area contributed by atoms with E-state index in [1.807, 2.05) is 19.2 Å². The first kappa shape index (κ1) is 30.6. The zero-order chi connectivity index (χ0) is 25.3. The predicted molar refractivity (Wildman–Crippen MR) is 123 cm³/mol. The van der Waals surface area contributed by atoms with Crippen molar-refractivity contribution < 1.29 is 29.0 Å². The van der Waals surface area contributed by atoms with E-state index in [1.54, 1.807) is 6.07 Å². The smallest absolute Gasteiger partial charge is 0.334 e. The maximum Gasteiger partial charge on any atom is 0.334 e. The predicted octanol–water partition coefficient (Wildman–Crippen LogP) is 2.71. The number of terminal acetylenes is 1. The fourth-order valence-corrected chi connectivity index (χ4v) is 2.31. The number of carboxylic acid groups (broad SMARTS) is 1. The van der Waals surface area contributed by atoms with Crippen molar-refractivity contribution in [1.29, 1.82) is 0 Å². The lowest BCUT2D eigenvalue weighted by molar-refractivity contribution is -0.146. The molecule has 0 spiro atoms. The van der Waals surface area contributed by atoms with Crippen molar-refractivity contribution in [1.82, 2.24) is 10.3 Å². The van der Waals surface area contributed by atoms with Crippen molar-refractivity contribution in [3.05, 3.63) is 52.6 Å². The first-order chi connectivity index (χ1) is 15.1. The van der Waals surface area contributed by atoms with E-state index in [0.717, 1.165) is 11.3 Å². The van der Waals surface area contributed by atoms with Crippen molar-refractivity contribution in [2.45, 2.75) is 47.1 Å². The highest BCUT2D eigenvalue weighted by molar-refractivity contribution is 5.98. The molecule has 1 unspecified atom stereocenters. The Kier molecular flexibility index (Phi) is 16.3. The summed E-state index contributed by atoms with van der Waals surface area (Å²) in [4.78, 5) is 33.3. The van der Waals surface area contributed by atoms with Gasteiger partial charge in [0.1, 0.15) is 5.82 Å². The summed E-state index contributed by atoms with van der Waals surface area (Å²) in [6, 6.07) is 6.45. The van der Waals surface area contributed by atoms with Crippen molar-refractivity contribution in [2.24, 2.45) is 0 Å². The largest absolute Gasteiger partial charge is 0.479 e. The van der Waals surface area contributed by atoms with Gasteiger partial charge in [-0.1, -0.05) is 13.8 Å². The number of carbonyl (C=O) groups is 3. The minimum absolute atomic E-state index is 0.0643. The number of aromatic amines is 1. The van der Waals surface area contributed by atoms with Crippen molar-refractivity contribution in [2.75, 3.05) is 11.9 Å². The number of hydrogen-bond acceptors (Lipinski definition) is 4. The van der Waals surface area contributed by atoms with Crippen LogP contribution in [-0.2, 0) is 20.8 Å². The van der Waals surface area contributed by atoms with Gasteiger partial charge in [-0.25, -0.2) is 9.18 Å². The molecule has 9 heteroatoms. The minimum atomic E-state index is -1.50. The normalized spacial score (nSPS) is 11.1. The second kappa shape index (κ2) is 17.1. The van der Waals surface area contributed by atoms with E-state index in [4.69, 9.17) is 10.2 Å². The number of aryl methyl sites for hydroxylation is 3. The standard InChI is InChI=1S/C8H6FNO.C7H11N.C4H7NO4.C2H6.C2H2/c9-6-1-2-7-5(3-6)4-8(11)10-7;1-5-4-6(2)8-7(5)3;6-2-5-1-3(7)4(8)9;2*1-2/h1-3H,4H2,(H,10,11);4,8H,1-3H3;2-3,7H,1H2,(H,5,6)(H,8,9);1-2H3;1-2H. The molecule has 5 N–H and O–H groups in total. The van der Waals surface area contributed by atoms with Crippen LogP contribution in [0.2, 0.25) is 0 Å². The Balaban J connectivity index is 0. The van der Waals surface area contributed by atoms with E-state index < -0.39 is 12.1 Å². The molecular formula is C23H32FN3O5. The molecule has 1 aliphatic rings. The molecule has 1 atom stereocenters. The van der Waals surface area contributed by atoms with Crippen LogP contribution in [0.4, 0.5) is 10.1 Å². The van der Waals surface area contributed by atoms with Gasteiger partial charge in [0.25, 0.3) is 0 Å². The number of nitrogens with one attached hydrogen (secondary N) is 3. The van der Waals surface area contributed by atoms with Gasteiger partial charge in [0.05, 0.1) is 13.0 Å². The molecule has 0 radical (unpaired) electrons. The van der Waals surface area contributed by atoms with Crippen LogP contribution in [0.3, 0.4) is 0 Å². The molecule has 0 aliphatic carbocycles. The molecule has 2 heterocycles. The molecule has 1 aliphatic heterocycles. The first-order valence-corrected chi connectivity index (χ1v) is 9.76. The number of carbonyl (C=O) groups excluding carboxylic acids is 2. The van der Waals surface area contributed by atoms with Crippen LogP contribution in [0.1, 0.15) is 36.4 Å². The van der Waals surface area contributed by atoms with Gasteiger partial charge in [0.2, 0.25) is 12.3 Å². The summed E-state index contributed by atoms with van der Waals surface area (Å²) in [5.74, 6) is -1.70.